The molecule has 0 aliphatic carbocycles. The Kier molecular flexibility index (Phi) is 5.00. The number of aryl methyl sites for hydroxylation is 3. The van der Waals surface area contributed by atoms with Crippen molar-refractivity contribution in [3.8, 4) is 11.3 Å². The van der Waals surface area contributed by atoms with E-state index in [9.17, 15) is 4.79 Å². The predicted octanol–water partition coefficient (Wildman–Crippen LogP) is 2.10. The Labute approximate surface area is 143 Å². The van der Waals surface area contributed by atoms with Crippen molar-refractivity contribution in [2.24, 2.45) is 7.05 Å². The minimum Gasteiger partial charge on any atom is -0.340 e. The summed E-state index contributed by atoms with van der Waals surface area (Å²) in [5.41, 5.74) is 4.48. The quantitative estimate of drug-likeness (QED) is 0.864. The van der Waals surface area contributed by atoms with Gasteiger partial charge in [0.1, 0.15) is 0 Å². The number of piperazine rings is 1. The van der Waals surface area contributed by atoms with Gasteiger partial charge in [-0.05, 0) is 26.0 Å². The summed E-state index contributed by atoms with van der Waals surface area (Å²) >= 11 is 0. The maximum absolute atomic E-state index is 12.5. The molecular weight excluding hydrogens is 300 g/mol. The van der Waals surface area contributed by atoms with Crippen LogP contribution >= 0.6 is 0 Å². The van der Waals surface area contributed by atoms with Gasteiger partial charge < -0.3 is 9.80 Å². The largest absolute Gasteiger partial charge is 0.340 e. The molecule has 24 heavy (non-hydrogen) atoms. The van der Waals surface area contributed by atoms with E-state index in [1.807, 2.05) is 22.8 Å². The molecule has 1 fully saturated rings. The van der Waals surface area contributed by atoms with Gasteiger partial charge in [0, 0.05) is 51.4 Å². The zero-order valence-electron chi connectivity index (χ0n) is 14.8. The molecule has 0 atom stereocenters. The zero-order valence-corrected chi connectivity index (χ0v) is 14.8. The Balaban J connectivity index is 1.67. The van der Waals surface area contributed by atoms with Gasteiger partial charge in [-0.3, -0.25) is 9.48 Å². The first-order chi connectivity index (χ1) is 11.5. The van der Waals surface area contributed by atoms with Gasteiger partial charge >= 0.3 is 0 Å². The average molecular weight is 326 g/mol. The number of likely N-dealkylation sites (N-methyl/N-ethyl adjacent to an activating group) is 1. The lowest BCUT2D eigenvalue weighted by Gasteiger charge is -2.32. The predicted molar refractivity (Wildman–Crippen MR) is 95.8 cm³/mol. The molecule has 0 bridgehead atoms. The van der Waals surface area contributed by atoms with Crippen molar-refractivity contribution in [2.45, 2.75) is 19.8 Å². The SMILES string of the molecule is Cc1ccc(-c2nn(C)cc2CCC(=O)N2CCN(C)CC2)cc1. The maximum Gasteiger partial charge on any atom is 0.222 e. The highest BCUT2D eigenvalue weighted by atomic mass is 16.2. The normalized spacial score (nSPS) is 15.7. The van der Waals surface area contributed by atoms with Crippen molar-refractivity contribution in [3.05, 3.63) is 41.6 Å². The molecule has 0 radical (unpaired) electrons. The minimum atomic E-state index is 0.252. The molecule has 0 saturated carbocycles. The summed E-state index contributed by atoms with van der Waals surface area (Å²) in [5.74, 6) is 0.252. The van der Waals surface area contributed by atoms with Crippen molar-refractivity contribution in [2.75, 3.05) is 33.2 Å². The summed E-state index contributed by atoms with van der Waals surface area (Å²) < 4.78 is 1.84. The first-order valence-electron chi connectivity index (χ1n) is 8.59. The van der Waals surface area contributed by atoms with Crippen LogP contribution in [0.4, 0.5) is 0 Å². The lowest BCUT2D eigenvalue weighted by Crippen LogP contribution is -2.47. The second-order valence-electron chi connectivity index (χ2n) is 6.73. The van der Waals surface area contributed by atoms with Crippen LogP contribution in [0, 0.1) is 6.92 Å². The highest BCUT2D eigenvalue weighted by Gasteiger charge is 2.19. The van der Waals surface area contributed by atoms with Gasteiger partial charge in [-0.25, -0.2) is 0 Å². The van der Waals surface area contributed by atoms with E-state index < -0.39 is 0 Å². The molecule has 5 heteroatoms. The fourth-order valence-corrected chi connectivity index (χ4v) is 3.13. The van der Waals surface area contributed by atoms with Crippen molar-refractivity contribution in [1.29, 1.82) is 0 Å². The van der Waals surface area contributed by atoms with Crippen LogP contribution in [0.1, 0.15) is 17.5 Å². The molecule has 0 N–H and O–H groups in total. The topological polar surface area (TPSA) is 41.4 Å². The van der Waals surface area contributed by atoms with Crippen LogP contribution in [0.5, 0.6) is 0 Å². The smallest absolute Gasteiger partial charge is 0.222 e. The summed E-state index contributed by atoms with van der Waals surface area (Å²) in [7, 11) is 4.04. The minimum absolute atomic E-state index is 0.252. The summed E-state index contributed by atoms with van der Waals surface area (Å²) in [6.07, 6.45) is 3.32. The van der Waals surface area contributed by atoms with Crippen LogP contribution in [-0.2, 0) is 18.3 Å². The van der Waals surface area contributed by atoms with Gasteiger partial charge in [-0.1, -0.05) is 29.8 Å². The van der Waals surface area contributed by atoms with Crippen LogP contribution in [0.2, 0.25) is 0 Å². The van der Waals surface area contributed by atoms with Gasteiger partial charge in [0.2, 0.25) is 5.91 Å². The molecule has 0 unspecified atom stereocenters. The Morgan fingerprint density at radius 3 is 2.42 bits per heavy atom. The Bertz CT molecular complexity index is 697. The van der Waals surface area contributed by atoms with Gasteiger partial charge in [0.05, 0.1) is 5.69 Å². The second kappa shape index (κ2) is 7.18. The Morgan fingerprint density at radius 2 is 1.75 bits per heavy atom. The first-order valence-corrected chi connectivity index (χ1v) is 8.59. The Morgan fingerprint density at radius 1 is 1.08 bits per heavy atom. The van der Waals surface area contributed by atoms with E-state index in [2.05, 4.69) is 48.2 Å². The number of aromatic nitrogens is 2. The number of carbonyl (C=O) groups excluding carboxylic acids is 1. The van der Waals surface area contributed by atoms with Crippen LogP contribution in [0.3, 0.4) is 0 Å². The maximum atomic E-state index is 12.5. The third kappa shape index (κ3) is 3.85. The van der Waals surface area contributed by atoms with E-state index >= 15 is 0 Å². The highest BCUT2D eigenvalue weighted by Crippen LogP contribution is 2.23. The van der Waals surface area contributed by atoms with Crippen LogP contribution in [-0.4, -0.2) is 58.7 Å². The molecule has 1 aliphatic heterocycles. The van der Waals surface area contributed by atoms with E-state index in [-0.39, 0.29) is 5.91 Å². The fourth-order valence-electron chi connectivity index (χ4n) is 3.13. The molecular formula is C19H26N4O. The summed E-state index contributed by atoms with van der Waals surface area (Å²) in [6.45, 7) is 5.69. The number of benzene rings is 1. The van der Waals surface area contributed by atoms with Gasteiger partial charge in [0.15, 0.2) is 0 Å². The average Bonchev–Trinajstić information content (AvgIpc) is 2.95. The molecule has 1 aromatic heterocycles. The van der Waals surface area contributed by atoms with Crippen LogP contribution in [0.15, 0.2) is 30.5 Å². The van der Waals surface area contributed by atoms with E-state index in [1.54, 1.807) is 0 Å². The van der Waals surface area contributed by atoms with Gasteiger partial charge in [-0.2, -0.15) is 5.10 Å². The zero-order chi connectivity index (χ0) is 17.1. The number of hydrogen-bond acceptors (Lipinski definition) is 3. The third-order valence-electron chi connectivity index (χ3n) is 4.69. The summed E-state index contributed by atoms with van der Waals surface area (Å²) in [5, 5.41) is 4.60. The molecule has 2 heterocycles. The molecule has 1 saturated heterocycles. The standard InChI is InChI=1S/C19H26N4O/c1-15-4-6-16(7-5-15)19-17(14-22(3)20-19)8-9-18(24)23-12-10-21(2)11-13-23/h4-7,14H,8-13H2,1-3H3. The molecule has 1 amide bonds. The Hall–Kier alpha value is -2.14. The second-order valence-corrected chi connectivity index (χ2v) is 6.73. The summed E-state index contributed by atoms with van der Waals surface area (Å²) in [4.78, 5) is 16.7. The molecule has 128 valence electrons. The monoisotopic (exact) mass is 326 g/mol. The van der Waals surface area contributed by atoms with E-state index in [0.717, 1.165) is 49.4 Å². The van der Waals surface area contributed by atoms with E-state index in [4.69, 9.17) is 0 Å². The van der Waals surface area contributed by atoms with Crippen molar-refractivity contribution < 1.29 is 4.79 Å². The summed E-state index contributed by atoms with van der Waals surface area (Å²) in [6, 6.07) is 8.40. The fraction of sp³-hybridized carbons (Fsp3) is 0.474. The molecule has 3 rings (SSSR count). The van der Waals surface area contributed by atoms with Crippen molar-refractivity contribution in [3.63, 3.8) is 0 Å². The number of rotatable bonds is 4. The number of nitrogens with zero attached hydrogens (tertiary/aromatic N) is 4. The first kappa shape index (κ1) is 16.7. The van der Waals surface area contributed by atoms with Crippen LogP contribution < -0.4 is 0 Å². The molecule has 2 aromatic rings. The van der Waals surface area contributed by atoms with E-state index in [0.29, 0.717) is 6.42 Å². The lowest BCUT2D eigenvalue weighted by molar-refractivity contribution is -0.132. The van der Waals surface area contributed by atoms with Crippen molar-refractivity contribution >= 4 is 5.91 Å². The third-order valence-corrected chi connectivity index (χ3v) is 4.69. The van der Waals surface area contributed by atoms with Crippen LogP contribution in [0.25, 0.3) is 11.3 Å². The molecule has 5 nitrogen and oxygen atoms in total. The molecule has 0 spiro atoms. The number of amides is 1. The van der Waals surface area contributed by atoms with E-state index in [1.165, 1.54) is 5.56 Å². The highest BCUT2D eigenvalue weighted by molar-refractivity contribution is 5.77. The number of carbonyl (C=O) groups is 1. The molecule has 1 aromatic carbocycles. The van der Waals surface area contributed by atoms with Gasteiger partial charge in [0.25, 0.3) is 0 Å². The van der Waals surface area contributed by atoms with Crippen molar-refractivity contribution in [1.82, 2.24) is 19.6 Å². The lowest BCUT2D eigenvalue weighted by atomic mass is 10.0. The number of hydrogen-bond donors (Lipinski definition) is 0. The van der Waals surface area contributed by atoms with Gasteiger partial charge in [-0.15, -0.1) is 0 Å². The molecule has 1 aliphatic rings.